The third-order valence-electron chi connectivity index (χ3n) is 2.74. The molecule has 2 N–H and O–H groups in total. The number of aryl methyl sites for hydroxylation is 1. The molecule has 98 valence electrons. The van der Waals surface area contributed by atoms with Crippen LogP contribution < -0.4 is 0 Å². The third kappa shape index (κ3) is 3.21. The molecular weight excluding hydrogens is 240 g/mol. The van der Waals surface area contributed by atoms with Crippen molar-refractivity contribution in [2.45, 2.75) is 52.9 Å². The number of aromatic nitrogens is 2. The first kappa shape index (κ1) is 14.5. The number of hydrogen-bond donors (Lipinski definition) is 2. The van der Waals surface area contributed by atoms with E-state index in [4.69, 9.17) is 11.6 Å². The van der Waals surface area contributed by atoms with Crippen molar-refractivity contribution in [1.29, 1.82) is 0 Å². The standard InChI is InChI=1S/C12H21ClN2O2/c1-5-6-15-9(8(13)7-14-15)10(16)11(17)12(2,3)4/h7,10-11,16-17H,5-6H2,1-4H3. The van der Waals surface area contributed by atoms with Crippen LogP contribution in [0.4, 0.5) is 0 Å². The van der Waals surface area contributed by atoms with E-state index in [1.54, 1.807) is 4.68 Å². The molecule has 0 amide bonds. The zero-order valence-electron chi connectivity index (χ0n) is 10.8. The Bertz CT molecular complexity index is 371. The topological polar surface area (TPSA) is 58.3 Å². The van der Waals surface area contributed by atoms with E-state index >= 15 is 0 Å². The first-order chi connectivity index (χ1) is 7.79. The minimum Gasteiger partial charge on any atom is -0.389 e. The molecule has 1 aromatic rings. The second-order valence-corrected chi connectivity index (χ2v) is 5.76. The number of aliphatic hydroxyl groups excluding tert-OH is 2. The summed E-state index contributed by atoms with van der Waals surface area (Å²) in [5.74, 6) is 0. The Hall–Kier alpha value is -0.580. The van der Waals surface area contributed by atoms with Crippen LogP contribution >= 0.6 is 11.6 Å². The van der Waals surface area contributed by atoms with Crippen LogP contribution in [0.5, 0.6) is 0 Å². The predicted molar refractivity (Wildman–Crippen MR) is 67.9 cm³/mol. The van der Waals surface area contributed by atoms with Gasteiger partial charge >= 0.3 is 0 Å². The maximum atomic E-state index is 10.2. The van der Waals surface area contributed by atoms with Crippen molar-refractivity contribution in [1.82, 2.24) is 9.78 Å². The van der Waals surface area contributed by atoms with Gasteiger partial charge in [-0.1, -0.05) is 39.3 Å². The van der Waals surface area contributed by atoms with Crippen molar-refractivity contribution in [3.8, 4) is 0 Å². The van der Waals surface area contributed by atoms with Crippen LogP contribution in [-0.2, 0) is 6.54 Å². The van der Waals surface area contributed by atoms with E-state index in [0.717, 1.165) is 6.42 Å². The average Bonchev–Trinajstić information content (AvgIpc) is 2.57. The van der Waals surface area contributed by atoms with Crippen LogP contribution in [-0.4, -0.2) is 26.1 Å². The van der Waals surface area contributed by atoms with Crippen LogP contribution in [0, 0.1) is 5.41 Å². The summed E-state index contributed by atoms with van der Waals surface area (Å²) in [7, 11) is 0. The Morgan fingerprint density at radius 2 is 2.00 bits per heavy atom. The third-order valence-corrected chi connectivity index (χ3v) is 3.03. The molecule has 0 bridgehead atoms. The maximum absolute atomic E-state index is 10.2. The molecule has 0 saturated carbocycles. The number of rotatable bonds is 4. The lowest BCUT2D eigenvalue weighted by Gasteiger charge is -2.30. The molecule has 0 saturated heterocycles. The predicted octanol–water partition coefficient (Wildman–Crippen LogP) is 2.39. The van der Waals surface area contributed by atoms with Crippen molar-refractivity contribution in [3.63, 3.8) is 0 Å². The quantitative estimate of drug-likeness (QED) is 0.874. The largest absolute Gasteiger partial charge is 0.389 e. The summed E-state index contributed by atoms with van der Waals surface area (Å²) < 4.78 is 1.65. The van der Waals surface area contributed by atoms with Gasteiger partial charge in [0.25, 0.3) is 0 Å². The summed E-state index contributed by atoms with van der Waals surface area (Å²) in [5, 5.41) is 24.8. The molecule has 1 rings (SSSR count). The first-order valence-electron chi connectivity index (χ1n) is 5.86. The minimum atomic E-state index is -1.02. The van der Waals surface area contributed by atoms with Gasteiger partial charge in [0.2, 0.25) is 0 Å². The number of halogens is 1. The SMILES string of the molecule is CCCn1ncc(Cl)c1C(O)C(O)C(C)(C)C. The van der Waals surface area contributed by atoms with Gasteiger partial charge in [-0.2, -0.15) is 5.10 Å². The fraction of sp³-hybridized carbons (Fsp3) is 0.750. The van der Waals surface area contributed by atoms with Crippen LogP contribution in [0.15, 0.2) is 6.20 Å². The summed E-state index contributed by atoms with van der Waals surface area (Å²) in [6.07, 6.45) is 0.498. The van der Waals surface area contributed by atoms with Crippen molar-refractivity contribution >= 4 is 11.6 Å². The Balaban J connectivity index is 3.02. The van der Waals surface area contributed by atoms with Gasteiger partial charge in [-0.15, -0.1) is 0 Å². The number of aliphatic hydroxyl groups is 2. The van der Waals surface area contributed by atoms with Crippen molar-refractivity contribution in [2.24, 2.45) is 5.41 Å². The molecule has 0 aromatic carbocycles. The first-order valence-corrected chi connectivity index (χ1v) is 6.24. The van der Waals surface area contributed by atoms with Crippen molar-refractivity contribution in [3.05, 3.63) is 16.9 Å². The van der Waals surface area contributed by atoms with Crippen LogP contribution in [0.2, 0.25) is 5.02 Å². The van der Waals surface area contributed by atoms with E-state index in [1.165, 1.54) is 6.20 Å². The highest BCUT2D eigenvalue weighted by molar-refractivity contribution is 6.31. The van der Waals surface area contributed by atoms with E-state index < -0.39 is 17.6 Å². The van der Waals surface area contributed by atoms with Crippen LogP contribution in [0.25, 0.3) is 0 Å². The van der Waals surface area contributed by atoms with Gasteiger partial charge in [-0.25, -0.2) is 0 Å². The van der Waals surface area contributed by atoms with E-state index in [-0.39, 0.29) is 0 Å². The molecule has 17 heavy (non-hydrogen) atoms. The molecule has 1 aromatic heterocycles. The molecule has 0 fully saturated rings. The van der Waals surface area contributed by atoms with Crippen molar-refractivity contribution < 1.29 is 10.2 Å². The molecule has 0 spiro atoms. The highest BCUT2D eigenvalue weighted by Gasteiger charge is 2.33. The van der Waals surface area contributed by atoms with Gasteiger partial charge in [0.15, 0.2) is 0 Å². The summed E-state index contributed by atoms with van der Waals surface area (Å²) in [6.45, 7) is 8.31. The fourth-order valence-corrected chi connectivity index (χ4v) is 1.93. The van der Waals surface area contributed by atoms with Gasteiger partial charge in [0.05, 0.1) is 23.0 Å². The summed E-state index contributed by atoms with van der Waals surface area (Å²) in [5.41, 5.74) is 0.0836. The zero-order chi connectivity index (χ0) is 13.2. The molecule has 4 nitrogen and oxygen atoms in total. The highest BCUT2D eigenvalue weighted by atomic mass is 35.5. The smallest absolute Gasteiger partial charge is 0.123 e. The fourth-order valence-electron chi connectivity index (χ4n) is 1.68. The molecule has 0 aliphatic heterocycles. The molecule has 5 heteroatoms. The van der Waals surface area contributed by atoms with Crippen LogP contribution in [0.1, 0.15) is 45.9 Å². The molecule has 0 aliphatic carbocycles. The molecule has 1 heterocycles. The summed E-state index contributed by atoms with van der Waals surface area (Å²) in [6, 6.07) is 0. The Morgan fingerprint density at radius 1 is 1.41 bits per heavy atom. The van der Waals surface area contributed by atoms with Crippen LogP contribution in [0.3, 0.4) is 0 Å². The number of hydrogen-bond acceptors (Lipinski definition) is 3. The second-order valence-electron chi connectivity index (χ2n) is 5.36. The molecular formula is C12H21ClN2O2. The van der Waals surface area contributed by atoms with E-state index in [2.05, 4.69) is 5.10 Å². The average molecular weight is 261 g/mol. The van der Waals surface area contributed by atoms with Gasteiger partial charge in [0.1, 0.15) is 6.10 Å². The lowest BCUT2D eigenvalue weighted by atomic mass is 9.85. The molecule has 2 unspecified atom stereocenters. The van der Waals surface area contributed by atoms with Gasteiger partial charge in [0, 0.05) is 6.54 Å². The molecule has 2 atom stereocenters. The van der Waals surface area contributed by atoms with E-state index in [9.17, 15) is 10.2 Å². The summed E-state index contributed by atoms with van der Waals surface area (Å²) in [4.78, 5) is 0. The van der Waals surface area contributed by atoms with Gasteiger partial charge in [-0.05, 0) is 11.8 Å². The van der Waals surface area contributed by atoms with Gasteiger partial charge in [-0.3, -0.25) is 4.68 Å². The monoisotopic (exact) mass is 260 g/mol. The maximum Gasteiger partial charge on any atom is 0.123 e. The number of nitrogens with zero attached hydrogens (tertiary/aromatic N) is 2. The van der Waals surface area contributed by atoms with E-state index in [1.807, 2.05) is 27.7 Å². The normalized spacial score (nSPS) is 15.9. The Morgan fingerprint density at radius 3 is 2.47 bits per heavy atom. The Labute approximate surface area is 107 Å². The molecule has 0 radical (unpaired) electrons. The van der Waals surface area contributed by atoms with Crippen molar-refractivity contribution in [2.75, 3.05) is 0 Å². The van der Waals surface area contributed by atoms with E-state index in [0.29, 0.717) is 17.3 Å². The highest BCUT2D eigenvalue weighted by Crippen LogP contribution is 2.33. The second kappa shape index (κ2) is 5.38. The summed E-state index contributed by atoms with van der Waals surface area (Å²) >= 11 is 6.02. The zero-order valence-corrected chi connectivity index (χ0v) is 11.6. The Kier molecular flexibility index (Phi) is 4.58. The van der Waals surface area contributed by atoms with Gasteiger partial charge < -0.3 is 10.2 Å². The lowest BCUT2D eigenvalue weighted by Crippen LogP contribution is -2.33. The minimum absolute atomic E-state index is 0.397. The molecule has 0 aliphatic rings. The lowest BCUT2D eigenvalue weighted by molar-refractivity contribution is -0.0495.